The van der Waals surface area contributed by atoms with Crippen LogP contribution in [0.1, 0.15) is 16.5 Å². The van der Waals surface area contributed by atoms with Gasteiger partial charge in [-0.3, -0.25) is 14.5 Å². The van der Waals surface area contributed by atoms with Crippen molar-refractivity contribution >= 4 is 34.5 Å². The SMILES string of the molecule is COc1ccccc1/C(O)=C1/C(=O)C(=O)N(c2ccccc2O)C1c1cccs1. The van der Waals surface area contributed by atoms with E-state index in [4.69, 9.17) is 4.74 Å². The van der Waals surface area contributed by atoms with Crippen LogP contribution in [0.3, 0.4) is 0 Å². The van der Waals surface area contributed by atoms with Gasteiger partial charge >= 0.3 is 0 Å². The predicted molar refractivity (Wildman–Crippen MR) is 110 cm³/mol. The van der Waals surface area contributed by atoms with E-state index in [2.05, 4.69) is 0 Å². The smallest absolute Gasteiger partial charge is 0.300 e. The summed E-state index contributed by atoms with van der Waals surface area (Å²) >= 11 is 1.35. The van der Waals surface area contributed by atoms with Crippen LogP contribution in [0.4, 0.5) is 5.69 Å². The number of benzene rings is 2. The second-order valence-electron chi connectivity index (χ2n) is 6.37. The molecule has 146 valence electrons. The van der Waals surface area contributed by atoms with Crippen molar-refractivity contribution in [2.75, 3.05) is 12.0 Å². The summed E-state index contributed by atoms with van der Waals surface area (Å²) in [4.78, 5) is 27.9. The van der Waals surface area contributed by atoms with E-state index in [1.807, 2.05) is 5.38 Å². The maximum absolute atomic E-state index is 13.0. The molecule has 7 heteroatoms. The zero-order valence-corrected chi connectivity index (χ0v) is 16.2. The van der Waals surface area contributed by atoms with Gasteiger partial charge in [0.1, 0.15) is 23.3 Å². The molecule has 1 aliphatic rings. The summed E-state index contributed by atoms with van der Waals surface area (Å²) in [5.41, 5.74) is 0.462. The molecule has 1 aliphatic heterocycles. The molecular formula is C22H17NO5S. The minimum absolute atomic E-state index is 0.0507. The summed E-state index contributed by atoms with van der Waals surface area (Å²) in [7, 11) is 1.46. The number of amides is 1. The van der Waals surface area contributed by atoms with Crippen molar-refractivity contribution in [3.63, 3.8) is 0 Å². The molecule has 1 fully saturated rings. The Morgan fingerprint density at radius 3 is 2.45 bits per heavy atom. The first-order valence-corrected chi connectivity index (χ1v) is 9.68. The lowest BCUT2D eigenvalue weighted by Gasteiger charge is -2.24. The number of ether oxygens (including phenoxy) is 1. The Balaban J connectivity index is 1.97. The van der Waals surface area contributed by atoms with Crippen molar-refractivity contribution in [1.82, 2.24) is 0 Å². The largest absolute Gasteiger partial charge is 0.507 e. The third kappa shape index (κ3) is 3.05. The molecule has 2 N–H and O–H groups in total. The molecule has 1 amide bonds. The molecule has 6 nitrogen and oxygen atoms in total. The molecule has 1 aromatic heterocycles. The fourth-order valence-corrected chi connectivity index (χ4v) is 4.27. The van der Waals surface area contributed by atoms with E-state index in [0.29, 0.717) is 16.2 Å². The third-order valence-corrected chi connectivity index (χ3v) is 5.69. The maximum atomic E-state index is 13.0. The Bertz CT molecular complexity index is 1120. The van der Waals surface area contributed by atoms with Crippen LogP contribution in [0, 0.1) is 0 Å². The number of aliphatic hydroxyl groups is 1. The molecule has 0 spiro atoms. The molecule has 0 aliphatic carbocycles. The van der Waals surface area contributed by atoms with Crippen molar-refractivity contribution in [2.24, 2.45) is 0 Å². The number of Topliss-reactive ketones (excluding diaryl/α,β-unsaturated/α-hetero) is 1. The number of aromatic hydroxyl groups is 1. The van der Waals surface area contributed by atoms with E-state index >= 15 is 0 Å². The zero-order valence-electron chi connectivity index (χ0n) is 15.4. The van der Waals surface area contributed by atoms with Gasteiger partial charge in [-0.2, -0.15) is 0 Å². The van der Waals surface area contributed by atoms with Gasteiger partial charge < -0.3 is 14.9 Å². The summed E-state index contributed by atoms with van der Waals surface area (Å²) in [5.74, 6) is -1.72. The Morgan fingerprint density at radius 1 is 1.03 bits per heavy atom. The van der Waals surface area contributed by atoms with E-state index < -0.39 is 17.7 Å². The first kappa shape index (κ1) is 18.8. The number of phenolic OH excluding ortho intramolecular Hbond substituents is 1. The molecule has 0 bridgehead atoms. The van der Waals surface area contributed by atoms with E-state index in [1.54, 1.807) is 54.6 Å². The fraction of sp³-hybridized carbons (Fsp3) is 0.0909. The summed E-state index contributed by atoms with van der Waals surface area (Å²) in [5, 5.41) is 23.2. The third-order valence-electron chi connectivity index (χ3n) is 4.76. The number of aliphatic hydroxyl groups excluding tert-OH is 1. The monoisotopic (exact) mass is 407 g/mol. The molecule has 0 radical (unpaired) electrons. The minimum atomic E-state index is -0.867. The van der Waals surface area contributed by atoms with Crippen LogP contribution in [0.25, 0.3) is 5.76 Å². The number of nitrogens with zero attached hydrogens (tertiary/aromatic N) is 1. The van der Waals surface area contributed by atoms with Crippen molar-refractivity contribution in [3.05, 3.63) is 82.1 Å². The van der Waals surface area contributed by atoms with Gasteiger partial charge in [-0.15, -0.1) is 11.3 Å². The number of hydrogen-bond acceptors (Lipinski definition) is 6. The summed E-state index contributed by atoms with van der Waals surface area (Å²) in [6, 6.07) is 15.7. The van der Waals surface area contributed by atoms with Crippen molar-refractivity contribution < 1.29 is 24.5 Å². The van der Waals surface area contributed by atoms with Crippen LogP contribution in [0.2, 0.25) is 0 Å². The van der Waals surface area contributed by atoms with Crippen LogP contribution in [-0.4, -0.2) is 29.0 Å². The first-order valence-electron chi connectivity index (χ1n) is 8.80. The van der Waals surface area contributed by atoms with Gasteiger partial charge in [0, 0.05) is 4.88 Å². The Morgan fingerprint density at radius 2 is 1.76 bits per heavy atom. The van der Waals surface area contributed by atoms with Crippen LogP contribution in [0.15, 0.2) is 71.6 Å². The second kappa shape index (κ2) is 7.44. The highest BCUT2D eigenvalue weighted by Crippen LogP contribution is 2.46. The van der Waals surface area contributed by atoms with Gasteiger partial charge in [0.25, 0.3) is 11.7 Å². The number of anilines is 1. The van der Waals surface area contributed by atoms with Gasteiger partial charge in [-0.25, -0.2) is 0 Å². The lowest BCUT2D eigenvalue weighted by atomic mass is 9.99. The van der Waals surface area contributed by atoms with Gasteiger partial charge in [-0.05, 0) is 35.7 Å². The number of thiophene rings is 1. The molecule has 29 heavy (non-hydrogen) atoms. The average molecular weight is 407 g/mol. The lowest BCUT2D eigenvalue weighted by molar-refractivity contribution is -0.132. The molecule has 1 saturated heterocycles. The number of methoxy groups -OCH3 is 1. The summed E-state index contributed by atoms with van der Waals surface area (Å²) in [6.45, 7) is 0. The Hall–Kier alpha value is -3.58. The van der Waals surface area contributed by atoms with Crippen LogP contribution in [-0.2, 0) is 9.59 Å². The minimum Gasteiger partial charge on any atom is -0.507 e. The standard InChI is InChI=1S/C22H17NO5S/c1-28-16-10-5-2-7-13(16)20(25)18-19(17-11-6-12-29-17)23(22(27)21(18)26)14-8-3-4-9-15(14)24/h2-12,19,24-25H,1H3/b20-18-. The van der Waals surface area contributed by atoms with E-state index in [-0.39, 0.29) is 22.8 Å². The lowest BCUT2D eigenvalue weighted by Crippen LogP contribution is -2.29. The highest BCUT2D eigenvalue weighted by Gasteiger charge is 2.48. The number of carbonyl (C=O) groups is 2. The predicted octanol–water partition coefficient (Wildman–Crippen LogP) is 4.09. The molecular weight excluding hydrogens is 390 g/mol. The maximum Gasteiger partial charge on any atom is 0.300 e. The van der Waals surface area contributed by atoms with E-state index in [9.17, 15) is 19.8 Å². The number of para-hydroxylation sites is 3. The van der Waals surface area contributed by atoms with Crippen molar-refractivity contribution in [2.45, 2.75) is 6.04 Å². The van der Waals surface area contributed by atoms with Gasteiger partial charge in [0.05, 0.1) is 23.9 Å². The molecule has 0 saturated carbocycles. The number of ketones is 1. The zero-order chi connectivity index (χ0) is 20.5. The normalized spacial score (nSPS) is 18.2. The van der Waals surface area contributed by atoms with Gasteiger partial charge in [0.2, 0.25) is 0 Å². The quantitative estimate of drug-likeness (QED) is 0.386. The highest BCUT2D eigenvalue weighted by atomic mass is 32.1. The average Bonchev–Trinajstić information content (AvgIpc) is 3.35. The van der Waals surface area contributed by atoms with Crippen molar-refractivity contribution in [1.29, 1.82) is 0 Å². The first-order chi connectivity index (χ1) is 14.0. The molecule has 4 rings (SSSR count). The Labute approximate surface area is 170 Å². The van der Waals surface area contributed by atoms with Gasteiger partial charge in [0.15, 0.2) is 0 Å². The Kier molecular flexibility index (Phi) is 4.82. The molecule has 2 aromatic carbocycles. The van der Waals surface area contributed by atoms with Gasteiger partial charge in [-0.1, -0.05) is 30.3 Å². The van der Waals surface area contributed by atoms with Crippen LogP contribution < -0.4 is 9.64 Å². The van der Waals surface area contributed by atoms with Crippen LogP contribution >= 0.6 is 11.3 Å². The number of phenols is 1. The highest BCUT2D eigenvalue weighted by molar-refractivity contribution is 7.10. The van der Waals surface area contributed by atoms with Crippen molar-refractivity contribution in [3.8, 4) is 11.5 Å². The topological polar surface area (TPSA) is 87.1 Å². The summed E-state index contributed by atoms with van der Waals surface area (Å²) in [6.07, 6.45) is 0. The fourth-order valence-electron chi connectivity index (χ4n) is 3.45. The summed E-state index contributed by atoms with van der Waals surface area (Å²) < 4.78 is 5.30. The molecule has 1 atom stereocenters. The number of rotatable bonds is 4. The molecule has 3 aromatic rings. The second-order valence-corrected chi connectivity index (χ2v) is 7.35. The van der Waals surface area contributed by atoms with E-state index in [1.165, 1.54) is 29.4 Å². The molecule has 2 heterocycles. The van der Waals surface area contributed by atoms with E-state index in [0.717, 1.165) is 0 Å². The number of carbonyl (C=O) groups excluding carboxylic acids is 2. The van der Waals surface area contributed by atoms with Crippen LogP contribution in [0.5, 0.6) is 11.5 Å². The number of hydrogen-bond donors (Lipinski definition) is 2. The molecule has 1 unspecified atom stereocenters.